The maximum atomic E-state index is 6.53. The first-order valence-electron chi connectivity index (χ1n) is 44.5. The van der Waals surface area contributed by atoms with Crippen LogP contribution in [0.5, 0.6) is 0 Å². The molecule has 0 bridgehead atoms. The van der Waals surface area contributed by atoms with E-state index >= 15 is 0 Å². The van der Waals surface area contributed by atoms with Crippen LogP contribution in [-0.4, -0.2) is 48.0 Å². The van der Waals surface area contributed by atoms with Gasteiger partial charge in [-0.05, 0) is 257 Å². The highest BCUT2D eigenvalue weighted by atomic mass is 16.4. The summed E-state index contributed by atoms with van der Waals surface area (Å²) in [6, 6.07) is 77.9. The number of benzene rings is 11. The van der Waals surface area contributed by atoms with Gasteiger partial charge in [-0.2, -0.15) is 19.1 Å². The SMILES string of the molecule is Cc1cccc2c1B1c3c(cccc3Cc3cc4c(c(C)c31)n(-c1cc(C(C)(C)C)cc[n+]1C)c1nc3ccccc3n41)C2.Cc1cccc2c1B1c3c(cccc3Cc3cc4c5ccccc5n(-c5cc(C(C)(C)C)cc[n+]5C)c4c(C)c31)C2.Cc1cccc2c1B1c3c(cccc3Cc3cc4oc5nc6c(C(C)(C)C)cc[n+](C)c6n5c4c(C)c31)C2. The second-order valence-electron chi connectivity index (χ2n) is 39.9. The number of para-hydroxylation sites is 3. The van der Waals surface area contributed by atoms with Crippen LogP contribution in [0.3, 0.4) is 0 Å². The minimum Gasteiger partial charge on any atom is -0.403 e. The monoisotopic (exact) mass is 1600 g/mol. The summed E-state index contributed by atoms with van der Waals surface area (Å²) in [5.41, 5.74) is 54.9. The highest BCUT2D eigenvalue weighted by Crippen LogP contribution is 2.41. The molecule has 0 saturated heterocycles. The molecule has 0 saturated carbocycles. The highest BCUT2D eigenvalue weighted by molar-refractivity contribution is 6.99. The summed E-state index contributed by atoms with van der Waals surface area (Å²) in [4.78, 5) is 10.4. The van der Waals surface area contributed by atoms with Crippen molar-refractivity contribution in [2.45, 2.75) is 159 Å². The highest BCUT2D eigenvalue weighted by Gasteiger charge is 2.46. The average molecular weight is 1600 g/mol. The summed E-state index contributed by atoms with van der Waals surface area (Å²) in [7, 11) is 6.45. The number of rotatable bonds is 2. The topological polar surface area (TPSA) is 69.2 Å². The predicted molar refractivity (Wildman–Crippen MR) is 510 cm³/mol. The number of nitrogens with zero attached hydrogens (tertiary/aromatic N) is 9. The normalized spacial score (nSPS) is 14.0. The molecule has 8 aromatic heterocycles. The van der Waals surface area contributed by atoms with Crippen LogP contribution in [0.1, 0.15) is 179 Å². The van der Waals surface area contributed by atoms with Gasteiger partial charge in [0.05, 0.1) is 56.3 Å². The summed E-state index contributed by atoms with van der Waals surface area (Å²) >= 11 is 0. The number of oxazole rings is 1. The maximum Gasteiger partial charge on any atom is 0.402 e. The van der Waals surface area contributed by atoms with Gasteiger partial charge in [-0.25, -0.2) is 13.7 Å². The van der Waals surface area contributed by atoms with Gasteiger partial charge in [-0.3, -0.25) is 4.40 Å². The Labute approximate surface area is 721 Å². The quantitative estimate of drug-likeness (QED) is 0.128. The Bertz CT molecular complexity index is 7860. The van der Waals surface area contributed by atoms with Gasteiger partial charge in [0.15, 0.2) is 22.1 Å². The molecule has 10 nitrogen and oxygen atoms in total. The van der Waals surface area contributed by atoms with Crippen molar-refractivity contribution in [3.05, 3.63) is 342 Å². The number of aromatic nitrogens is 9. The van der Waals surface area contributed by atoms with E-state index in [9.17, 15) is 0 Å². The molecular formula is C110H103B3N9O+3. The van der Waals surface area contributed by atoms with Crippen LogP contribution in [0, 0.1) is 41.5 Å². The number of aryl methyl sites for hydroxylation is 9. The van der Waals surface area contributed by atoms with Crippen LogP contribution in [0.2, 0.25) is 0 Å². The third-order valence-corrected chi connectivity index (χ3v) is 29.4. The predicted octanol–water partition coefficient (Wildman–Crippen LogP) is 15.6. The van der Waals surface area contributed by atoms with Gasteiger partial charge in [-0.15, -0.1) is 4.40 Å². The van der Waals surface area contributed by atoms with Gasteiger partial charge in [0.2, 0.25) is 20.1 Å². The van der Waals surface area contributed by atoms with Crippen molar-refractivity contribution in [2.75, 3.05) is 0 Å². The van der Waals surface area contributed by atoms with Crippen LogP contribution < -0.4 is 62.9 Å². The number of imidazole rings is 3. The van der Waals surface area contributed by atoms with Crippen molar-refractivity contribution in [3.63, 3.8) is 0 Å². The van der Waals surface area contributed by atoms with E-state index in [2.05, 4.69) is 381 Å². The second kappa shape index (κ2) is 26.7. The molecule has 19 aromatic rings. The molecule has 0 N–H and O–H groups in total. The van der Waals surface area contributed by atoms with E-state index in [0.29, 0.717) is 5.84 Å². The first-order valence-corrected chi connectivity index (χ1v) is 44.5. The lowest BCUT2D eigenvalue weighted by atomic mass is 9.29. The number of fused-ring (bicyclic) bond motifs is 25. The molecule has 0 amide bonds. The Kier molecular flexibility index (Phi) is 16.4. The molecule has 0 aliphatic carbocycles. The molecule has 6 aliphatic heterocycles. The molecule has 0 fully saturated rings. The maximum absolute atomic E-state index is 6.53. The standard InChI is InChI=1S/C39H36BN4.C38H36BN2.C33H31BN3O/c1-23-11-9-12-25-19-26-13-10-14-27-20-28-21-32-37(24(2)35(28)40(34(23)25)36(26)27)44(33-22-29(39(3,4)5)17-18-42(33)6)38-41-30-15-7-8-16-31(30)43(32)38;1-23-11-9-12-25-19-26-13-10-14-27-20-28-21-31-30-15-7-8-16-32(30)41(33-22-29(38(3,4)5)17-18-40(33)6)37(31)24(2)35(28)39(34(23)25)36(26)27;1-18-9-7-10-20-15-21-11-8-12-22-16-23-17-25-30(19(2)27(23)34(26(18)20)28(21)22)37-31-29(35-32(37)38-25)24(33(3,4)5)13-14-36(31)6/h7-18,21-22H,19-20H2,1-6H3;7-18,21-22H,19-20H2,1-6H3;7-14,17H,15-16H2,1-6H3/q3*+1. The Balaban J connectivity index is 0.000000107. The molecule has 123 heavy (non-hydrogen) atoms. The third kappa shape index (κ3) is 11.0. The van der Waals surface area contributed by atoms with Crippen molar-refractivity contribution >= 4 is 147 Å². The Morgan fingerprint density at radius 3 is 1.24 bits per heavy atom. The minimum absolute atomic E-state index is 0.0146. The molecule has 14 heterocycles. The fourth-order valence-corrected chi connectivity index (χ4v) is 23.7. The van der Waals surface area contributed by atoms with E-state index < -0.39 is 0 Å². The van der Waals surface area contributed by atoms with Gasteiger partial charge in [-0.1, -0.05) is 262 Å². The molecule has 6 aliphatic rings. The third-order valence-electron chi connectivity index (χ3n) is 29.4. The fourth-order valence-electron chi connectivity index (χ4n) is 23.7. The molecule has 0 radical (unpaired) electrons. The number of hydrogen-bond donors (Lipinski definition) is 0. The summed E-state index contributed by atoms with van der Waals surface area (Å²) < 4.78 is 22.9. The Morgan fingerprint density at radius 1 is 0.333 bits per heavy atom. The summed E-state index contributed by atoms with van der Waals surface area (Å²) in [6.07, 6.45) is 12.6. The Hall–Kier alpha value is -12.6. The van der Waals surface area contributed by atoms with E-state index in [0.717, 1.165) is 83.4 Å². The molecule has 0 atom stereocenters. The largest absolute Gasteiger partial charge is 0.403 e. The molecule has 13 heteroatoms. The molecule has 0 unspecified atom stereocenters. The van der Waals surface area contributed by atoms with Gasteiger partial charge in [0, 0.05) is 22.9 Å². The van der Waals surface area contributed by atoms with E-state index in [1.165, 1.54) is 199 Å². The smallest absolute Gasteiger partial charge is 0.402 e. The molecular weight excluding hydrogens is 1500 g/mol. The van der Waals surface area contributed by atoms with Gasteiger partial charge in [0.25, 0.3) is 11.6 Å². The van der Waals surface area contributed by atoms with E-state index in [4.69, 9.17) is 14.4 Å². The van der Waals surface area contributed by atoms with E-state index in [1.807, 2.05) is 0 Å². The van der Waals surface area contributed by atoms with Crippen LogP contribution in [-0.2, 0) is 75.9 Å². The van der Waals surface area contributed by atoms with Crippen molar-refractivity contribution in [1.29, 1.82) is 0 Å². The zero-order valence-electron chi connectivity index (χ0n) is 74.3. The van der Waals surface area contributed by atoms with E-state index in [-0.39, 0.29) is 36.4 Å². The zero-order valence-corrected chi connectivity index (χ0v) is 74.3. The first-order chi connectivity index (χ1) is 59.1. The molecule has 25 rings (SSSR count). The number of pyridine rings is 3. The van der Waals surface area contributed by atoms with Crippen LogP contribution in [0.4, 0.5) is 0 Å². The molecule has 600 valence electrons. The Morgan fingerprint density at radius 2 is 0.748 bits per heavy atom. The summed E-state index contributed by atoms with van der Waals surface area (Å²) in [6.45, 7) is 35.2. The summed E-state index contributed by atoms with van der Waals surface area (Å²) in [5.74, 6) is 3.98. The van der Waals surface area contributed by atoms with Crippen molar-refractivity contribution in [2.24, 2.45) is 21.1 Å². The van der Waals surface area contributed by atoms with Gasteiger partial charge >= 0.3 is 17.3 Å². The molecule has 11 aromatic carbocycles. The lowest BCUT2D eigenvalue weighted by Crippen LogP contribution is -2.62. The lowest BCUT2D eigenvalue weighted by molar-refractivity contribution is -0.665. The van der Waals surface area contributed by atoms with Gasteiger partial charge in [0.1, 0.15) is 11.0 Å². The van der Waals surface area contributed by atoms with Crippen LogP contribution in [0.15, 0.2) is 229 Å². The van der Waals surface area contributed by atoms with Crippen molar-refractivity contribution in [3.8, 4) is 11.6 Å². The number of hydrogen-bond acceptors (Lipinski definition) is 3. The van der Waals surface area contributed by atoms with Gasteiger partial charge < -0.3 is 4.42 Å². The average Bonchev–Trinajstić information content (AvgIpc) is 1.53. The summed E-state index contributed by atoms with van der Waals surface area (Å²) in [5, 5.41) is 2.69. The first kappa shape index (κ1) is 75.4. The van der Waals surface area contributed by atoms with Crippen LogP contribution >= 0.6 is 0 Å². The lowest BCUT2D eigenvalue weighted by Gasteiger charge is -2.35. The zero-order chi connectivity index (χ0) is 84.4. The van der Waals surface area contributed by atoms with Crippen molar-refractivity contribution in [1.82, 2.24) is 27.9 Å². The molecule has 0 spiro atoms. The second-order valence-corrected chi connectivity index (χ2v) is 39.9. The minimum atomic E-state index is -0.0146. The van der Waals surface area contributed by atoms with Crippen molar-refractivity contribution < 1.29 is 18.1 Å². The van der Waals surface area contributed by atoms with E-state index in [1.54, 1.807) is 5.46 Å². The fraction of sp³-hybridized carbons (Fsp3) is 0.245. The van der Waals surface area contributed by atoms with Crippen LogP contribution in [0.25, 0.3) is 89.4 Å².